The molecule has 0 spiro atoms. The molecule has 0 aromatic carbocycles. The molecule has 9 heteroatoms. The van der Waals surface area contributed by atoms with E-state index in [4.69, 9.17) is 9.05 Å². The number of aliphatic hydroxyl groups excluding tert-OH is 1. The van der Waals surface area contributed by atoms with Crippen LogP contribution in [0.25, 0.3) is 0 Å². The number of rotatable bonds is 44. The fourth-order valence-electron chi connectivity index (χ4n) is 7.15. The summed E-state index contributed by atoms with van der Waals surface area (Å²) < 4.78 is 23.6. The molecule has 334 valence electrons. The molecule has 0 heterocycles. The van der Waals surface area contributed by atoms with Crippen LogP contribution in [0.15, 0.2) is 12.2 Å². The number of unbranched alkanes of at least 4 members (excludes halogenated alkanes) is 29. The Morgan fingerprint density at radius 1 is 0.589 bits per heavy atom. The molecule has 0 saturated carbocycles. The van der Waals surface area contributed by atoms with Crippen molar-refractivity contribution >= 4 is 13.7 Å². The van der Waals surface area contributed by atoms with Crippen LogP contribution in [0.4, 0.5) is 0 Å². The zero-order valence-electron chi connectivity index (χ0n) is 37.9. The molecule has 0 aliphatic carbocycles. The minimum Gasteiger partial charge on any atom is -0.391 e. The molecule has 3 atom stereocenters. The molecule has 0 radical (unpaired) electrons. The summed E-state index contributed by atoms with van der Waals surface area (Å²) in [6, 6.07) is -0.761. The van der Waals surface area contributed by atoms with Crippen LogP contribution in [0.2, 0.25) is 0 Å². The molecule has 3 unspecified atom stereocenters. The van der Waals surface area contributed by atoms with E-state index in [2.05, 4.69) is 31.3 Å². The number of carbonyl (C=O) groups excluding carboxylic acids is 1. The Kier molecular flexibility index (Phi) is 39.1. The Balaban J connectivity index is 4.14. The van der Waals surface area contributed by atoms with Crippen LogP contribution in [0.3, 0.4) is 0 Å². The van der Waals surface area contributed by atoms with Crippen molar-refractivity contribution < 1.29 is 32.9 Å². The standard InChI is InChI=1S/C47H95N2O6P/c1-6-8-10-12-14-16-18-19-20-21-22-23-24-25-26-27-28-29-30-31-32-34-36-38-40-46(50)45(44-55-56(52,53)54-43-42-49(3,4)5)48-47(51)41-39-37-35-33-17-15-13-11-9-7-2/h13,15,45-46,50H,6-12,14,16-44H2,1-5H3,(H-,48,51,52,53)/p+1/b15-13-. The fraction of sp³-hybridized carbons (Fsp3) is 0.936. The molecule has 0 saturated heterocycles. The molecule has 56 heavy (non-hydrogen) atoms. The van der Waals surface area contributed by atoms with E-state index in [0.29, 0.717) is 23.9 Å². The highest BCUT2D eigenvalue weighted by Gasteiger charge is 2.28. The fourth-order valence-corrected chi connectivity index (χ4v) is 7.88. The number of hydrogen-bond donors (Lipinski definition) is 3. The van der Waals surface area contributed by atoms with Gasteiger partial charge in [-0.25, -0.2) is 4.57 Å². The first kappa shape index (κ1) is 55.2. The van der Waals surface area contributed by atoms with E-state index >= 15 is 0 Å². The predicted molar refractivity (Wildman–Crippen MR) is 240 cm³/mol. The van der Waals surface area contributed by atoms with E-state index in [-0.39, 0.29) is 19.1 Å². The number of nitrogens with one attached hydrogen (secondary N) is 1. The van der Waals surface area contributed by atoms with E-state index in [9.17, 15) is 19.4 Å². The number of aliphatic hydroxyl groups is 1. The first-order valence-electron chi connectivity index (χ1n) is 24.1. The van der Waals surface area contributed by atoms with E-state index in [1.807, 2.05) is 21.1 Å². The highest BCUT2D eigenvalue weighted by molar-refractivity contribution is 7.47. The van der Waals surface area contributed by atoms with Gasteiger partial charge in [-0.2, -0.15) is 0 Å². The smallest absolute Gasteiger partial charge is 0.391 e. The summed E-state index contributed by atoms with van der Waals surface area (Å²) in [6.45, 7) is 4.85. The molecular formula is C47H96N2O6P+. The highest BCUT2D eigenvalue weighted by Crippen LogP contribution is 2.43. The van der Waals surface area contributed by atoms with Gasteiger partial charge in [-0.1, -0.05) is 206 Å². The van der Waals surface area contributed by atoms with Crippen LogP contribution in [0.1, 0.15) is 232 Å². The van der Waals surface area contributed by atoms with Crippen molar-refractivity contribution in [3.63, 3.8) is 0 Å². The summed E-state index contributed by atoms with van der Waals surface area (Å²) in [7, 11) is 1.61. The van der Waals surface area contributed by atoms with Crippen molar-refractivity contribution in [2.24, 2.45) is 0 Å². The molecule has 0 aromatic heterocycles. The molecule has 0 aromatic rings. The number of phosphoric acid groups is 1. The Bertz CT molecular complexity index is 927. The maximum atomic E-state index is 12.8. The lowest BCUT2D eigenvalue weighted by Crippen LogP contribution is -2.46. The monoisotopic (exact) mass is 816 g/mol. The number of amides is 1. The van der Waals surface area contributed by atoms with Crippen molar-refractivity contribution in [2.45, 2.75) is 244 Å². The normalized spacial score (nSPS) is 14.3. The van der Waals surface area contributed by atoms with Crippen molar-refractivity contribution in [1.82, 2.24) is 5.32 Å². The van der Waals surface area contributed by atoms with Gasteiger partial charge in [-0.05, 0) is 32.1 Å². The molecule has 0 fully saturated rings. The third-order valence-electron chi connectivity index (χ3n) is 11.0. The highest BCUT2D eigenvalue weighted by atomic mass is 31.2. The molecule has 1 amide bonds. The zero-order chi connectivity index (χ0) is 41.4. The van der Waals surface area contributed by atoms with Gasteiger partial charge in [0.15, 0.2) is 0 Å². The maximum absolute atomic E-state index is 12.8. The topological polar surface area (TPSA) is 105 Å². The summed E-state index contributed by atoms with van der Waals surface area (Å²) in [5.41, 5.74) is 0. The Morgan fingerprint density at radius 3 is 1.43 bits per heavy atom. The van der Waals surface area contributed by atoms with Crippen molar-refractivity contribution in [1.29, 1.82) is 0 Å². The third-order valence-corrected chi connectivity index (χ3v) is 12.0. The van der Waals surface area contributed by atoms with E-state index in [0.717, 1.165) is 57.8 Å². The molecule has 0 aliphatic rings. The first-order valence-corrected chi connectivity index (χ1v) is 25.5. The van der Waals surface area contributed by atoms with Crippen LogP contribution in [0.5, 0.6) is 0 Å². The van der Waals surface area contributed by atoms with Gasteiger partial charge < -0.3 is 19.8 Å². The summed E-state index contributed by atoms with van der Waals surface area (Å²) in [5, 5.41) is 13.9. The van der Waals surface area contributed by atoms with Crippen LogP contribution in [0, 0.1) is 0 Å². The molecular weight excluding hydrogens is 719 g/mol. The summed E-state index contributed by atoms with van der Waals surface area (Å²) in [6.07, 6.45) is 45.5. The van der Waals surface area contributed by atoms with Crippen molar-refractivity contribution in [3.05, 3.63) is 12.2 Å². The number of carbonyl (C=O) groups is 1. The molecule has 0 aliphatic heterocycles. The van der Waals surface area contributed by atoms with E-state index in [1.54, 1.807) is 0 Å². The number of nitrogens with zero attached hydrogens (tertiary/aromatic N) is 1. The quantitative estimate of drug-likeness (QED) is 0.0245. The molecule has 3 N–H and O–H groups in total. The molecule has 8 nitrogen and oxygen atoms in total. The van der Waals surface area contributed by atoms with Crippen LogP contribution >= 0.6 is 7.82 Å². The summed E-state index contributed by atoms with van der Waals surface area (Å²) >= 11 is 0. The second kappa shape index (κ2) is 39.7. The van der Waals surface area contributed by atoms with Crippen molar-refractivity contribution in [2.75, 3.05) is 40.9 Å². The Morgan fingerprint density at radius 2 is 0.982 bits per heavy atom. The van der Waals surface area contributed by atoms with Gasteiger partial charge in [-0.15, -0.1) is 0 Å². The van der Waals surface area contributed by atoms with Gasteiger partial charge >= 0.3 is 7.82 Å². The predicted octanol–water partition coefficient (Wildman–Crippen LogP) is 13.5. The van der Waals surface area contributed by atoms with Crippen LogP contribution in [-0.4, -0.2) is 73.4 Å². The lowest BCUT2D eigenvalue weighted by atomic mass is 10.0. The van der Waals surface area contributed by atoms with Gasteiger partial charge in [-0.3, -0.25) is 13.8 Å². The van der Waals surface area contributed by atoms with Gasteiger partial charge in [0.05, 0.1) is 39.9 Å². The first-order chi connectivity index (χ1) is 27.0. The third kappa shape index (κ3) is 41.4. The largest absolute Gasteiger partial charge is 0.472 e. The lowest BCUT2D eigenvalue weighted by molar-refractivity contribution is -0.870. The minimum absolute atomic E-state index is 0.0743. The van der Waals surface area contributed by atoms with Crippen molar-refractivity contribution in [3.8, 4) is 0 Å². The minimum atomic E-state index is -4.31. The number of hydrogen-bond acceptors (Lipinski definition) is 5. The van der Waals surface area contributed by atoms with Crippen LogP contribution in [-0.2, 0) is 18.4 Å². The average Bonchev–Trinajstić information content (AvgIpc) is 3.15. The SMILES string of the molecule is CCCC/C=C\CCCCCCC(=O)NC(COP(=O)(O)OCC[N+](C)(C)C)C(O)CCCCCCCCCCCCCCCCCCCCCCCCCC. The van der Waals surface area contributed by atoms with Gasteiger partial charge in [0.25, 0.3) is 0 Å². The van der Waals surface area contributed by atoms with Crippen LogP contribution < -0.4 is 5.32 Å². The number of phosphoric ester groups is 1. The van der Waals surface area contributed by atoms with E-state index < -0.39 is 20.0 Å². The van der Waals surface area contributed by atoms with E-state index in [1.165, 1.54) is 148 Å². The number of allylic oxidation sites excluding steroid dienone is 2. The second-order valence-corrected chi connectivity index (χ2v) is 19.3. The number of likely N-dealkylation sites (N-methyl/N-ethyl adjacent to an activating group) is 1. The lowest BCUT2D eigenvalue weighted by Gasteiger charge is -2.26. The Labute approximate surface area is 348 Å². The van der Waals surface area contributed by atoms with Gasteiger partial charge in [0.1, 0.15) is 13.2 Å². The zero-order valence-corrected chi connectivity index (χ0v) is 38.8. The summed E-state index contributed by atoms with van der Waals surface area (Å²) in [5.74, 6) is -0.157. The number of quaternary nitrogens is 1. The second-order valence-electron chi connectivity index (χ2n) is 17.8. The summed E-state index contributed by atoms with van der Waals surface area (Å²) in [4.78, 5) is 23.1. The van der Waals surface area contributed by atoms with Gasteiger partial charge in [0.2, 0.25) is 5.91 Å². The molecule has 0 bridgehead atoms. The Hall–Kier alpha value is -0.760. The maximum Gasteiger partial charge on any atom is 0.472 e. The van der Waals surface area contributed by atoms with Gasteiger partial charge in [0, 0.05) is 6.42 Å². The average molecular weight is 816 g/mol. The molecule has 0 rings (SSSR count).